The van der Waals surface area contributed by atoms with Crippen LogP contribution in [0.25, 0.3) is 22.0 Å². The lowest BCUT2D eigenvalue weighted by molar-refractivity contribution is -0.384. The van der Waals surface area contributed by atoms with E-state index in [1.165, 1.54) is 54.4 Å². The van der Waals surface area contributed by atoms with E-state index in [4.69, 9.17) is 0 Å². The van der Waals surface area contributed by atoms with Crippen LogP contribution in [0.1, 0.15) is 37.7 Å². The summed E-state index contributed by atoms with van der Waals surface area (Å²) in [5.41, 5.74) is 5.43. The standard InChI is InChI=1S/C38H41N7O4S/c46-45(47)37-24-32(16-18-35(37)39-25-28-9-3-1-4-10-28)50(48,49)42-38-34-17-15-31(23-36(34)40-27-41-38)44-21-19-43(20-22-44)26-30-13-7-8-14-33(30)29-11-5-2-6-12-29/h2,5-8,11-18,23-24,27-28,39H,1,3-4,9-10,19-22,25-26H2,(H,40,41,42). The van der Waals surface area contributed by atoms with Gasteiger partial charge in [0.25, 0.3) is 15.7 Å². The number of nitrogens with zero attached hydrogens (tertiary/aromatic N) is 5. The summed E-state index contributed by atoms with van der Waals surface area (Å²) in [6.07, 6.45) is 7.06. The molecule has 2 fully saturated rings. The van der Waals surface area contributed by atoms with Crippen molar-refractivity contribution in [1.29, 1.82) is 0 Å². The minimum absolute atomic E-state index is 0.116. The highest BCUT2D eigenvalue weighted by Gasteiger charge is 2.24. The Balaban J connectivity index is 1.02. The van der Waals surface area contributed by atoms with Crippen molar-refractivity contribution < 1.29 is 13.3 Å². The first kappa shape index (κ1) is 33.4. The quantitative estimate of drug-likeness (QED) is 0.108. The molecule has 12 heteroatoms. The number of aromatic nitrogens is 2. The summed E-state index contributed by atoms with van der Waals surface area (Å²) >= 11 is 0. The molecule has 7 rings (SSSR count). The van der Waals surface area contributed by atoms with Gasteiger partial charge in [0.2, 0.25) is 0 Å². The van der Waals surface area contributed by atoms with Crippen LogP contribution >= 0.6 is 0 Å². The summed E-state index contributed by atoms with van der Waals surface area (Å²) in [6.45, 7) is 4.98. The zero-order chi connectivity index (χ0) is 34.5. The molecular formula is C38H41N7O4S. The molecule has 5 aromatic rings. The number of hydrogen-bond acceptors (Lipinski definition) is 9. The van der Waals surface area contributed by atoms with Crippen molar-refractivity contribution in [3.63, 3.8) is 0 Å². The van der Waals surface area contributed by atoms with Crippen molar-refractivity contribution in [1.82, 2.24) is 14.9 Å². The van der Waals surface area contributed by atoms with Gasteiger partial charge in [0.15, 0.2) is 5.82 Å². The van der Waals surface area contributed by atoms with E-state index in [0.29, 0.717) is 29.1 Å². The van der Waals surface area contributed by atoms with E-state index >= 15 is 0 Å². The van der Waals surface area contributed by atoms with Crippen molar-refractivity contribution >= 4 is 43.8 Å². The molecule has 258 valence electrons. The van der Waals surface area contributed by atoms with Crippen LogP contribution in [0.4, 0.5) is 22.9 Å². The van der Waals surface area contributed by atoms with Crippen LogP contribution in [0.5, 0.6) is 0 Å². The molecule has 11 nitrogen and oxygen atoms in total. The predicted octanol–water partition coefficient (Wildman–Crippen LogP) is 7.32. The zero-order valence-corrected chi connectivity index (χ0v) is 28.7. The highest BCUT2D eigenvalue weighted by Crippen LogP contribution is 2.32. The van der Waals surface area contributed by atoms with Gasteiger partial charge in [-0.3, -0.25) is 19.7 Å². The molecule has 1 aliphatic heterocycles. The van der Waals surface area contributed by atoms with Gasteiger partial charge in [0.1, 0.15) is 12.0 Å². The number of rotatable bonds is 11. The summed E-state index contributed by atoms with van der Waals surface area (Å²) in [5, 5.41) is 15.7. The van der Waals surface area contributed by atoms with Crippen LogP contribution in [-0.2, 0) is 16.6 Å². The van der Waals surface area contributed by atoms with Crippen LogP contribution in [-0.4, -0.2) is 60.9 Å². The lowest BCUT2D eigenvalue weighted by Gasteiger charge is -2.36. The maximum Gasteiger partial charge on any atom is 0.293 e. The van der Waals surface area contributed by atoms with Crippen LogP contribution in [0, 0.1) is 16.0 Å². The fourth-order valence-corrected chi connectivity index (χ4v) is 8.15. The van der Waals surface area contributed by atoms with E-state index in [1.54, 1.807) is 0 Å². The number of anilines is 3. The Morgan fingerprint density at radius 2 is 1.60 bits per heavy atom. The smallest absolute Gasteiger partial charge is 0.293 e. The Hall–Kier alpha value is -5.07. The monoisotopic (exact) mass is 691 g/mol. The summed E-state index contributed by atoms with van der Waals surface area (Å²) in [5.74, 6) is 0.573. The average molecular weight is 692 g/mol. The first-order valence-corrected chi connectivity index (χ1v) is 18.7. The number of nitrogens with one attached hydrogen (secondary N) is 2. The number of piperazine rings is 1. The van der Waals surface area contributed by atoms with Gasteiger partial charge in [-0.1, -0.05) is 73.9 Å². The molecule has 0 unspecified atom stereocenters. The number of nitro groups is 1. The predicted molar refractivity (Wildman–Crippen MR) is 198 cm³/mol. The zero-order valence-electron chi connectivity index (χ0n) is 27.9. The first-order chi connectivity index (χ1) is 24.3. The lowest BCUT2D eigenvalue weighted by Crippen LogP contribution is -2.46. The Labute approximate surface area is 292 Å². The second kappa shape index (κ2) is 14.8. The molecule has 0 spiro atoms. The lowest BCUT2D eigenvalue weighted by atomic mass is 9.89. The van der Waals surface area contributed by atoms with Crippen molar-refractivity contribution in [3.05, 3.63) is 113 Å². The molecule has 2 aliphatic rings. The van der Waals surface area contributed by atoms with Gasteiger partial charge >= 0.3 is 0 Å². The van der Waals surface area contributed by atoms with Crippen molar-refractivity contribution in [2.45, 2.75) is 43.5 Å². The first-order valence-electron chi connectivity index (χ1n) is 17.2. The van der Waals surface area contributed by atoms with Crippen molar-refractivity contribution in [3.8, 4) is 11.1 Å². The highest BCUT2D eigenvalue weighted by molar-refractivity contribution is 7.92. The van der Waals surface area contributed by atoms with E-state index in [1.807, 2.05) is 24.3 Å². The Morgan fingerprint density at radius 1 is 0.840 bits per heavy atom. The molecule has 0 amide bonds. The molecule has 2 N–H and O–H groups in total. The summed E-state index contributed by atoms with van der Waals surface area (Å²) in [7, 11) is -4.18. The van der Waals surface area contributed by atoms with E-state index < -0.39 is 14.9 Å². The Morgan fingerprint density at radius 3 is 2.38 bits per heavy atom. The number of hydrogen-bond donors (Lipinski definition) is 2. The Bertz CT molecular complexity index is 2080. The molecule has 1 saturated heterocycles. The third kappa shape index (κ3) is 7.56. The SMILES string of the molecule is O=[N+]([O-])c1cc(S(=O)(=O)Nc2ncnc3cc(N4CCN(Cc5ccccc5-c5ccccc5)CC4)ccc23)ccc1NCC1CCCCC1. The van der Waals surface area contributed by atoms with Gasteiger partial charge in [-0.15, -0.1) is 0 Å². The second-order valence-electron chi connectivity index (χ2n) is 13.1. The second-order valence-corrected chi connectivity index (χ2v) is 14.8. The van der Waals surface area contributed by atoms with Gasteiger partial charge in [0.05, 0.1) is 15.3 Å². The minimum atomic E-state index is -4.18. The molecular weight excluding hydrogens is 651 g/mol. The van der Waals surface area contributed by atoms with E-state index in [0.717, 1.165) is 57.3 Å². The van der Waals surface area contributed by atoms with E-state index in [-0.39, 0.29) is 16.4 Å². The molecule has 0 atom stereocenters. The van der Waals surface area contributed by atoms with Crippen molar-refractivity contribution in [2.75, 3.05) is 47.7 Å². The number of benzene rings is 4. The van der Waals surface area contributed by atoms with Gasteiger partial charge in [-0.2, -0.15) is 0 Å². The fraction of sp³-hybridized carbons (Fsp3) is 0.316. The fourth-order valence-electron chi connectivity index (χ4n) is 7.10. The van der Waals surface area contributed by atoms with Gasteiger partial charge in [-0.25, -0.2) is 18.4 Å². The molecule has 1 aromatic heterocycles. The average Bonchev–Trinajstić information content (AvgIpc) is 3.15. The van der Waals surface area contributed by atoms with Gasteiger partial charge < -0.3 is 10.2 Å². The summed E-state index contributed by atoms with van der Waals surface area (Å²) < 4.78 is 29.5. The number of nitro benzene ring substituents is 1. The largest absolute Gasteiger partial charge is 0.379 e. The molecule has 0 radical (unpaired) electrons. The summed E-state index contributed by atoms with van der Waals surface area (Å²) in [6, 6.07) is 28.7. The van der Waals surface area contributed by atoms with E-state index in [2.05, 4.69) is 78.3 Å². The molecule has 1 aliphatic carbocycles. The molecule has 2 heterocycles. The maximum absolute atomic E-state index is 13.5. The Kier molecular flexibility index (Phi) is 9.90. The minimum Gasteiger partial charge on any atom is -0.379 e. The normalized spacial score (nSPS) is 16.0. The topological polar surface area (TPSA) is 134 Å². The molecule has 50 heavy (non-hydrogen) atoms. The summed E-state index contributed by atoms with van der Waals surface area (Å²) in [4.78, 5) is 24.6. The number of fused-ring (bicyclic) bond motifs is 1. The van der Waals surface area contributed by atoms with Crippen LogP contribution in [0.15, 0.2) is 102 Å². The van der Waals surface area contributed by atoms with Crippen LogP contribution in [0.2, 0.25) is 0 Å². The van der Waals surface area contributed by atoms with Crippen LogP contribution in [0.3, 0.4) is 0 Å². The van der Waals surface area contributed by atoms with Gasteiger partial charge in [-0.05, 0) is 65.8 Å². The third-order valence-corrected chi connectivity index (χ3v) is 11.2. The molecule has 0 bridgehead atoms. The van der Waals surface area contributed by atoms with Crippen molar-refractivity contribution in [2.24, 2.45) is 5.92 Å². The highest BCUT2D eigenvalue weighted by atomic mass is 32.2. The molecule has 1 saturated carbocycles. The van der Waals surface area contributed by atoms with E-state index in [9.17, 15) is 18.5 Å². The van der Waals surface area contributed by atoms with Gasteiger partial charge in [0, 0.05) is 56.4 Å². The maximum atomic E-state index is 13.5. The molecule has 4 aromatic carbocycles. The van der Waals surface area contributed by atoms with Crippen LogP contribution < -0.4 is 14.9 Å². The third-order valence-electron chi connectivity index (χ3n) is 9.87. The number of sulfonamides is 1.